The average molecular weight is 491 g/mol. The lowest BCUT2D eigenvalue weighted by Crippen LogP contribution is -2.48. The Morgan fingerprint density at radius 2 is 1.52 bits per heavy atom. The van der Waals surface area contributed by atoms with Crippen LogP contribution in [0.4, 0.5) is 10.5 Å². The lowest BCUT2D eigenvalue weighted by molar-refractivity contribution is -0.135. The van der Waals surface area contributed by atoms with Crippen LogP contribution in [-0.2, 0) is 4.79 Å². The van der Waals surface area contributed by atoms with Gasteiger partial charge in [0.1, 0.15) is 6.04 Å². The van der Waals surface area contributed by atoms with E-state index >= 15 is 0 Å². The molecule has 2 heterocycles. The number of anilines is 1. The van der Waals surface area contributed by atoms with Gasteiger partial charge in [-0.05, 0) is 80.4 Å². The molecule has 178 valence electrons. The number of nitrogens with zero attached hydrogens (tertiary/aromatic N) is 1. The Balaban J connectivity index is 0.00000306. The molecule has 2 aliphatic rings. The molecule has 4 rings (SSSR count). The highest BCUT2D eigenvalue weighted by Crippen LogP contribution is 2.31. The van der Waals surface area contributed by atoms with Gasteiger partial charge in [-0.2, -0.15) is 0 Å². The Labute approximate surface area is 206 Å². The van der Waals surface area contributed by atoms with E-state index in [-0.39, 0.29) is 18.3 Å². The normalized spacial score (nSPS) is 18.2. The Morgan fingerprint density at radius 3 is 2.15 bits per heavy atom. The maximum absolute atomic E-state index is 13.5. The zero-order chi connectivity index (χ0) is 22.3. The third-order valence-corrected chi connectivity index (χ3v) is 6.91. The smallest absolute Gasteiger partial charge is 0.320 e. The second-order valence-corrected chi connectivity index (χ2v) is 9.14. The summed E-state index contributed by atoms with van der Waals surface area (Å²) in [6.45, 7) is 3.70. The standard InChI is InChI=1S/C25H31ClN4O2.ClH/c26-21-6-8-22(9-7-21)28-25(32)29-23(20-4-2-1-3-5-20)24(31)30-16-12-19(13-17-30)18-10-14-27-15-11-18;/h1-9,18-19,23,27H,10-17H2,(H2,28,29,32);1H/t23-;/m0./s1. The van der Waals surface area contributed by atoms with Crippen molar-refractivity contribution >= 4 is 41.6 Å². The van der Waals surface area contributed by atoms with Gasteiger partial charge in [0, 0.05) is 23.8 Å². The minimum absolute atomic E-state index is 0. The number of benzene rings is 2. The van der Waals surface area contributed by atoms with E-state index < -0.39 is 12.1 Å². The summed E-state index contributed by atoms with van der Waals surface area (Å²) in [6.07, 6.45) is 4.54. The number of carbonyl (C=O) groups is 2. The van der Waals surface area contributed by atoms with Crippen molar-refractivity contribution in [3.63, 3.8) is 0 Å². The minimum atomic E-state index is -0.723. The van der Waals surface area contributed by atoms with Gasteiger partial charge in [-0.15, -0.1) is 12.4 Å². The van der Waals surface area contributed by atoms with Gasteiger partial charge in [0.15, 0.2) is 0 Å². The van der Waals surface area contributed by atoms with Crippen LogP contribution >= 0.6 is 24.0 Å². The maximum Gasteiger partial charge on any atom is 0.320 e. The number of hydrogen-bond acceptors (Lipinski definition) is 3. The lowest BCUT2D eigenvalue weighted by atomic mass is 9.79. The van der Waals surface area contributed by atoms with Crippen LogP contribution < -0.4 is 16.0 Å². The summed E-state index contributed by atoms with van der Waals surface area (Å²) in [6, 6.07) is 15.2. The number of rotatable bonds is 5. The van der Waals surface area contributed by atoms with Crippen LogP contribution in [0.2, 0.25) is 5.02 Å². The summed E-state index contributed by atoms with van der Waals surface area (Å²) in [5.41, 5.74) is 1.40. The summed E-state index contributed by atoms with van der Waals surface area (Å²) in [5.74, 6) is 1.41. The van der Waals surface area contributed by atoms with E-state index in [9.17, 15) is 9.59 Å². The Kier molecular flexibility index (Phi) is 9.41. The van der Waals surface area contributed by atoms with Crippen LogP contribution in [0.5, 0.6) is 0 Å². The molecule has 2 saturated heterocycles. The van der Waals surface area contributed by atoms with E-state index in [0.717, 1.165) is 50.5 Å². The van der Waals surface area contributed by atoms with Crippen molar-refractivity contribution in [2.45, 2.75) is 31.7 Å². The van der Waals surface area contributed by atoms with Crippen LogP contribution in [0.3, 0.4) is 0 Å². The minimum Gasteiger partial charge on any atom is -0.341 e. The number of carbonyl (C=O) groups excluding carboxylic acids is 2. The van der Waals surface area contributed by atoms with Crippen molar-refractivity contribution in [2.75, 3.05) is 31.5 Å². The third kappa shape index (κ3) is 6.85. The fraction of sp³-hybridized carbons (Fsp3) is 0.440. The van der Waals surface area contributed by atoms with Crippen LogP contribution in [0.1, 0.15) is 37.3 Å². The topological polar surface area (TPSA) is 73.5 Å². The van der Waals surface area contributed by atoms with Gasteiger partial charge in [0.2, 0.25) is 5.91 Å². The molecule has 8 heteroatoms. The molecule has 2 fully saturated rings. The molecular weight excluding hydrogens is 459 g/mol. The van der Waals surface area contributed by atoms with Gasteiger partial charge in [0.05, 0.1) is 0 Å². The molecule has 0 bridgehead atoms. The number of amides is 3. The third-order valence-electron chi connectivity index (χ3n) is 6.66. The molecule has 3 amide bonds. The van der Waals surface area contributed by atoms with Crippen molar-refractivity contribution in [3.05, 3.63) is 65.2 Å². The molecule has 0 aliphatic carbocycles. The molecule has 0 radical (unpaired) electrons. The van der Waals surface area contributed by atoms with E-state index in [2.05, 4.69) is 16.0 Å². The summed E-state index contributed by atoms with van der Waals surface area (Å²) in [7, 11) is 0. The summed E-state index contributed by atoms with van der Waals surface area (Å²) in [5, 5.41) is 9.71. The van der Waals surface area contributed by atoms with E-state index in [1.165, 1.54) is 12.8 Å². The first-order valence-electron chi connectivity index (χ1n) is 11.5. The first-order valence-corrected chi connectivity index (χ1v) is 11.9. The Bertz CT molecular complexity index is 896. The van der Waals surface area contributed by atoms with Gasteiger partial charge in [0.25, 0.3) is 0 Å². The zero-order valence-electron chi connectivity index (χ0n) is 18.6. The van der Waals surface area contributed by atoms with Gasteiger partial charge < -0.3 is 20.9 Å². The molecule has 0 spiro atoms. The molecule has 0 unspecified atom stereocenters. The zero-order valence-corrected chi connectivity index (χ0v) is 20.2. The highest BCUT2D eigenvalue weighted by atomic mass is 35.5. The van der Waals surface area contributed by atoms with E-state index in [1.807, 2.05) is 35.2 Å². The van der Waals surface area contributed by atoms with Gasteiger partial charge in [-0.1, -0.05) is 41.9 Å². The first-order chi connectivity index (χ1) is 15.6. The van der Waals surface area contributed by atoms with Crippen molar-refractivity contribution in [3.8, 4) is 0 Å². The van der Waals surface area contributed by atoms with E-state index in [1.54, 1.807) is 24.3 Å². The number of hydrogen-bond donors (Lipinski definition) is 3. The van der Waals surface area contributed by atoms with Crippen molar-refractivity contribution in [2.24, 2.45) is 11.8 Å². The summed E-state index contributed by atoms with van der Waals surface area (Å²) >= 11 is 5.92. The maximum atomic E-state index is 13.5. The fourth-order valence-corrected chi connectivity index (χ4v) is 4.98. The van der Waals surface area contributed by atoms with Gasteiger partial charge >= 0.3 is 6.03 Å². The number of piperidine rings is 2. The molecule has 33 heavy (non-hydrogen) atoms. The molecule has 3 N–H and O–H groups in total. The van der Waals surface area contributed by atoms with Crippen LogP contribution in [0.15, 0.2) is 54.6 Å². The SMILES string of the molecule is Cl.O=C(Nc1ccc(Cl)cc1)N[C@H](C(=O)N1CCC(C2CCNCC2)CC1)c1ccccc1. The molecule has 0 saturated carbocycles. The lowest BCUT2D eigenvalue weighted by Gasteiger charge is -2.39. The molecular formula is C25H32Cl2N4O2. The van der Waals surface area contributed by atoms with E-state index in [0.29, 0.717) is 16.6 Å². The number of halogens is 2. The Morgan fingerprint density at radius 1 is 0.909 bits per heavy atom. The molecule has 1 atom stereocenters. The van der Waals surface area contributed by atoms with Gasteiger partial charge in [-0.25, -0.2) is 4.79 Å². The van der Waals surface area contributed by atoms with Crippen LogP contribution in [0, 0.1) is 11.8 Å². The predicted octanol–water partition coefficient (Wildman–Crippen LogP) is 4.86. The Hall–Kier alpha value is -2.28. The number of likely N-dealkylation sites (tertiary alicyclic amines) is 1. The highest BCUT2D eigenvalue weighted by molar-refractivity contribution is 6.30. The quantitative estimate of drug-likeness (QED) is 0.559. The highest BCUT2D eigenvalue weighted by Gasteiger charge is 2.33. The van der Waals surface area contributed by atoms with Crippen molar-refractivity contribution in [1.82, 2.24) is 15.5 Å². The second-order valence-electron chi connectivity index (χ2n) is 8.70. The largest absolute Gasteiger partial charge is 0.341 e. The molecule has 2 aromatic rings. The fourth-order valence-electron chi connectivity index (χ4n) is 4.85. The van der Waals surface area contributed by atoms with Crippen molar-refractivity contribution < 1.29 is 9.59 Å². The average Bonchev–Trinajstić information content (AvgIpc) is 2.85. The van der Waals surface area contributed by atoms with Gasteiger partial charge in [-0.3, -0.25) is 4.79 Å². The summed E-state index contributed by atoms with van der Waals surface area (Å²) in [4.78, 5) is 28.1. The van der Waals surface area contributed by atoms with Crippen LogP contribution in [-0.4, -0.2) is 43.0 Å². The number of nitrogens with one attached hydrogen (secondary N) is 3. The number of urea groups is 1. The first kappa shape index (κ1) is 25.3. The molecule has 0 aromatic heterocycles. The molecule has 6 nitrogen and oxygen atoms in total. The van der Waals surface area contributed by atoms with E-state index in [4.69, 9.17) is 11.6 Å². The summed E-state index contributed by atoms with van der Waals surface area (Å²) < 4.78 is 0. The molecule has 2 aromatic carbocycles. The monoisotopic (exact) mass is 490 g/mol. The van der Waals surface area contributed by atoms with Crippen LogP contribution in [0.25, 0.3) is 0 Å². The predicted molar refractivity (Wildman–Crippen MR) is 135 cm³/mol. The van der Waals surface area contributed by atoms with Crippen molar-refractivity contribution in [1.29, 1.82) is 0 Å². The second kappa shape index (κ2) is 12.3. The molecule has 2 aliphatic heterocycles.